The number of nitro benzene ring substituents is 1. The zero-order valence-corrected chi connectivity index (χ0v) is 16.8. The normalized spacial score (nSPS) is 19.9. The maximum atomic E-state index is 11.4. The quantitative estimate of drug-likeness (QED) is 0.584. The van der Waals surface area contributed by atoms with Crippen molar-refractivity contribution in [1.29, 1.82) is 0 Å². The first kappa shape index (κ1) is 23.0. The van der Waals surface area contributed by atoms with Gasteiger partial charge in [0, 0.05) is 43.3 Å². The van der Waals surface area contributed by atoms with E-state index in [0.717, 1.165) is 44.6 Å². The number of rotatable bonds is 4. The van der Waals surface area contributed by atoms with Crippen LogP contribution in [-0.4, -0.2) is 41.1 Å². The average Bonchev–Trinajstić information content (AvgIpc) is 2.59. The molecular formula is C18H29Cl2N3O3. The summed E-state index contributed by atoms with van der Waals surface area (Å²) in [6, 6.07) is 3.76. The van der Waals surface area contributed by atoms with E-state index in [4.69, 9.17) is 0 Å². The van der Waals surface area contributed by atoms with Gasteiger partial charge in [-0.25, -0.2) is 0 Å². The number of nitrogens with zero attached hydrogens (tertiary/aromatic N) is 2. The number of hydrogen-bond donors (Lipinski definition) is 2. The SMILES string of the molecule is Cc1ccc([C@H](C2CCCCC2)N2CCNCC2)c(O)c1[N+](=O)[O-].Cl.Cl. The number of phenolic OH excluding ortho intramolecular Hbond substituents is 1. The van der Waals surface area contributed by atoms with Crippen molar-refractivity contribution in [2.75, 3.05) is 26.2 Å². The summed E-state index contributed by atoms with van der Waals surface area (Å²) >= 11 is 0. The van der Waals surface area contributed by atoms with Crippen molar-refractivity contribution in [2.45, 2.75) is 45.1 Å². The molecule has 2 aliphatic rings. The topological polar surface area (TPSA) is 78.6 Å². The molecule has 1 saturated heterocycles. The number of aryl methyl sites for hydroxylation is 1. The molecule has 148 valence electrons. The molecule has 6 nitrogen and oxygen atoms in total. The molecule has 0 radical (unpaired) electrons. The molecule has 3 rings (SSSR count). The first-order chi connectivity index (χ1) is 11.6. The van der Waals surface area contributed by atoms with Gasteiger partial charge in [-0.2, -0.15) is 0 Å². The first-order valence-electron chi connectivity index (χ1n) is 9.01. The van der Waals surface area contributed by atoms with E-state index in [2.05, 4.69) is 10.2 Å². The molecule has 1 atom stereocenters. The third-order valence-corrected chi connectivity index (χ3v) is 5.53. The first-order valence-corrected chi connectivity index (χ1v) is 9.01. The van der Waals surface area contributed by atoms with Crippen LogP contribution in [0.1, 0.15) is 49.3 Å². The maximum absolute atomic E-state index is 11.4. The summed E-state index contributed by atoms with van der Waals surface area (Å²) in [4.78, 5) is 13.3. The van der Waals surface area contributed by atoms with Gasteiger partial charge in [-0.05, 0) is 25.7 Å². The van der Waals surface area contributed by atoms with Crippen LogP contribution in [0.25, 0.3) is 0 Å². The van der Waals surface area contributed by atoms with Crippen LogP contribution < -0.4 is 5.32 Å². The van der Waals surface area contributed by atoms with Gasteiger partial charge in [-0.3, -0.25) is 15.0 Å². The van der Waals surface area contributed by atoms with Crippen LogP contribution in [0.2, 0.25) is 0 Å². The van der Waals surface area contributed by atoms with Crippen molar-refractivity contribution in [3.63, 3.8) is 0 Å². The Bertz CT molecular complexity index is 586. The summed E-state index contributed by atoms with van der Waals surface area (Å²) < 4.78 is 0. The molecule has 26 heavy (non-hydrogen) atoms. The molecule has 1 heterocycles. The molecule has 0 amide bonds. The third kappa shape index (κ3) is 4.80. The minimum Gasteiger partial charge on any atom is -0.502 e. The van der Waals surface area contributed by atoms with Gasteiger partial charge in [0.1, 0.15) is 0 Å². The lowest BCUT2D eigenvalue weighted by molar-refractivity contribution is -0.386. The maximum Gasteiger partial charge on any atom is 0.313 e. The largest absolute Gasteiger partial charge is 0.502 e. The molecular weight excluding hydrogens is 377 g/mol. The van der Waals surface area contributed by atoms with Crippen molar-refractivity contribution in [3.8, 4) is 5.75 Å². The van der Waals surface area contributed by atoms with Gasteiger partial charge < -0.3 is 10.4 Å². The molecule has 1 aliphatic carbocycles. The second-order valence-corrected chi connectivity index (χ2v) is 7.05. The summed E-state index contributed by atoms with van der Waals surface area (Å²) in [5, 5.41) is 25.4. The molecule has 0 unspecified atom stereocenters. The Morgan fingerprint density at radius 2 is 1.81 bits per heavy atom. The molecule has 2 fully saturated rings. The summed E-state index contributed by atoms with van der Waals surface area (Å²) in [6.45, 7) is 5.38. The van der Waals surface area contributed by atoms with Crippen molar-refractivity contribution >= 4 is 30.5 Å². The van der Waals surface area contributed by atoms with Crippen LogP contribution in [0.15, 0.2) is 12.1 Å². The molecule has 8 heteroatoms. The van der Waals surface area contributed by atoms with Gasteiger partial charge in [0.2, 0.25) is 0 Å². The lowest BCUT2D eigenvalue weighted by Crippen LogP contribution is -2.47. The second kappa shape index (κ2) is 10.3. The van der Waals surface area contributed by atoms with Crippen molar-refractivity contribution in [3.05, 3.63) is 33.4 Å². The Balaban J connectivity index is 0.00000169. The second-order valence-electron chi connectivity index (χ2n) is 7.05. The number of nitrogens with one attached hydrogen (secondary N) is 1. The Morgan fingerprint density at radius 1 is 1.19 bits per heavy atom. The fourth-order valence-electron chi connectivity index (χ4n) is 4.32. The number of nitro groups is 1. The fourth-order valence-corrected chi connectivity index (χ4v) is 4.32. The number of halogens is 2. The molecule has 1 aliphatic heterocycles. The van der Waals surface area contributed by atoms with E-state index in [1.165, 1.54) is 19.3 Å². The molecule has 1 saturated carbocycles. The van der Waals surface area contributed by atoms with Gasteiger partial charge in [0.15, 0.2) is 5.75 Å². The highest BCUT2D eigenvalue weighted by atomic mass is 35.5. The van der Waals surface area contributed by atoms with Crippen molar-refractivity contribution < 1.29 is 10.0 Å². The van der Waals surface area contributed by atoms with Gasteiger partial charge in [-0.15, -0.1) is 24.8 Å². The van der Waals surface area contributed by atoms with E-state index in [9.17, 15) is 15.2 Å². The Kier molecular flexibility index (Phi) is 9.10. The van der Waals surface area contributed by atoms with Gasteiger partial charge in [0.05, 0.1) is 4.92 Å². The van der Waals surface area contributed by atoms with Crippen LogP contribution in [0.4, 0.5) is 5.69 Å². The molecule has 0 aromatic heterocycles. The van der Waals surface area contributed by atoms with Crippen LogP contribution in [0, 0.1) is 23.0 Å². The van der Waals surface area contributed by atoms with Gasteiger partial charge >= 0.3 is 5.69 Å². The van der Waals surface area contributed by atoms with Gasteiger partial charge in [0.25, 0.3) is 0 Å². The fraction of sp³-hybridized carbons (Fsp3) is 0.667. The third-order valence-electron chi connectivity index (χ3n) is 5.53. The highest BCUT2D eigenvalue weighted by molar-refractivity contribution is 5.85. The standard InChI is InChI=1S/C18H27N3O3.2ClH/c1-13-7-8-15(18(22)16(13)21(23)24)17(14-5-3-2-4-6-14)20-11-9-19-10-12-20;;/h7-8,14,17,19,22H,2-6,9-12H2,1H3;2*1H/t17-;;/m0../s1. The summed E-state index contributed by atoms with van der Waals surface area (Å²) in [5.74, 6) is 0.333. The van der Waals surface area contributed by atoms with Crippen LogP contribution in [0.5, 0.6) is 5.75 Å². The zero-order chi connectivity index (χ0) is 17.1. The molecule has 2 N–H and O–H groups in total. The Hall–Kier alpha value is -1.08. The molecule has 0 spiro atoms. The zero-order valence-electron chi connectivity index (χ0n) is 15.1. The smallest absolute Gasteiger partial charge is 0.313 e. The van der Waals surface area contributed by atoms with Crippen LogP contribution in [-0.2, 0) is 0 Å². The van der Waals surface area contributed by atoms with E-state index in [1.807, 2.05) is 6.07 Å². The molecule has 1 aromatic carbocycles. The average molecular weight is 406 g/mol. The van der Waals surface area contributed by atoms with Crippen LogP contribution >= 0.6 is 24.8 Å². The van der Waals surface area contributed by atoms with E-state index < -0.39 is 4.92 Å². The number of aromatic hydroxyl groups is 1. The van der Waals surface area contributed by atoms with Gasteiger partial charge in [-0.1, -0.05) is 31.4 Å². The molecule has 1 aromatic rings. The number of phenols is 1. The number of benzene rings is 1. The van der Waals surface area contributed by atoms with E-state index >= 15 is 0 Å². The lowest BCUT2D eigenvalue weighted by Gasteiger charge is -2.41. The predicted octanol–water partition coefficient (Wildman–Crippen LogP) is 3.98. The highest BCUT2D eigenvalue weighted by Crippen LogP contribution is 2.45. The Morgan fingerprint density at radius 3 is 2.38 bits per heavy atom. The van der Waals surface area contributed by atoms with E-state index in [-0.39, 0.29) is 42.3 Å². The predicted molar refractivity (Wildman–Crippen MR) is 108 cm³/mol. The number of hydrogen-bond acceptors (Lipinski definition) is 5. The summed E-state index contributed by atoms with van der Waals surface area (Å²) in [5.41, 5.74) is 1.12. The minimum absolute atomic E-state index is 0. The monoisotopic (exact) mass is 405 g/mol. The van der Waals surface area contributed by atoms with Crippen molar-refractivity contribution in [2.24, 2.45) is 5.92 Å². The highest BCUT2D eigenvalue weighted by Gasteiger charge is 2.35. The molecule has 0 bridgehead atoms. The summed E-state index contributed by atoms with van der Waals surface area (Å²) in [6.07, 6.45) is 5.96. The minimum atomic E-state index is -0.455. The van der Waals surface area contributed by atoms with Crippen molar-refractivity contribution in [1.82, 2.24) is 10.2 Å². The Labute approximate surface area is 167 Å². The number of piperazine rings is 1. The lowest BCUT2D eigenvalue weighted by atomic mass is 9.79. The van der Waals surface area contributed by atoms with E-state index in [0.29, 0.717) is 11.5 Å². The van der Waals surface area contributed by atoms with E-state index in [1.54, 1.807) is 13.0 Å². The van der Waals surface area contributed by atoms with Crippen LogP contribution in [0.3, 0.4) is 0 Å². The summed E-state index contributed by atoms with van der Waals surface area (Å²) in [7, 11) is 0.